The number of hydrogen-bond acceptors (Lipinski definition) is 3. The lowest BCUT2D eigenvalue weighted by Gasteiger charge is -2.37. The molecule has 1 aromatic carbocycles. The molecule has 1 saturated heterocycles. The molecule has 0 radical (unpaired) electrons. The van der Waals surface area contributed by atoms with E-state index in [0.29, 0.717) is 6.61 Å². The molecule has 1 aliphatic rings. The summed E-state index contributed by atoms with van der Waals surface area (Å²) in [5.41, 5.74) is 1.14. The number of hydrogen-bond donors (Lipinski definition) is 0. The Hall–Kier alpha value is -1.55. The first-order chi connectivity index (χ1) is 9.63. The van der Waals surface area contributed by atoms with Crippen LogP contribution < -0.4 is 0 Å². The largest absolute Gasteiger partial charge is 0.441 e. The van der Waals surface area contributed by atoms with Gasteiger partial charge in [-0.15, -0.1) is 0 Å². The third kappa shape index (κ3) is 3.21. The molecule has 1 aromatic rings. The van der Waals surface area contributed by atoms with Gasteiger partial charge in [0.15, 0.2) is 0 Å². The predicted octanol–water partition coefficient (Wildman–Crippen LogP) is 4.04. The Morgan fingerprint density at radius 1 is 1.33 bits per heavy atom. The lowest BCUT2D eigenvalue weighted by Crippen LogP contribution is -2.53. The van der Waals surface area contributed by atoms with E-state index in [1.807, 2.05) is 65.8 Å². The quantitative estimate of drug-likeness (QED) is 0.825. The van der Waals surface area contributed by atoms with E-state index in [9.17, 15) is 4.79 Å². The second-order valence-corrected chi connectivity index (χ2v) is 6.82. The number of rotatable bonds is 2. The van der Waals surface area contributed by atoms with Crippen molar-refractivity contribution in [2.75, 3.05) is 6.61 Å². The summed E-state index contributed by atoms with van der Waals surface area (Å²) in [4.78, 5) is 14.3. The molecule has 116 valence electrons. The Balaban J connectivity index is 2.14. The van der Waals surface area contributed by atoms with E-state index < -0.39 is 5.72 Å². The Bertz CT molecular complexity index is 521. The van der Waals surface area contributed by atoms with Gasteiger partial charge in [0.05, 0.1) is 12.1 Å². The first-order valence-corrected chi connectivity index (χ1v) is 7.35. The number of amides is 1. The minimum absolute atomic E-state index is 0.287. The zero-order chi connectivity index (χ0) is 15.8. The molecule has 0 unspecified atom stereocenters. The zero-order valence-corrected chi connectivity index (χ0v) is 13.8. The Morgan fingerprint density at radius 3 is 2.52 bits per heavy atom. The van der Waals surface area contributed by atoms with E-state index in [0.717, 1.165) is 11.1 Å². The van der Waals surface area contributed by atoms with Crippen LogP contribution >= 0.6 is 0 Å². The van der Waals surface area contributed by atoms with Crippen LogP contribution in [0.2, 0.25) is 0 Å². The minimum Gasteiger partial charge on any atom is -0.441 e. The smallest absolute Gasteiger partial charge is 0.413 e. The maximum absolute atomic E-state index is 12.6. The molecule has 4 heteroatoms. The zero-order valence-electron chi connectivity index (χ0n) is 13.8. The summed E-state index contributed by atoms with van der Waals surface area (Å²) in [5.74, 6) is 0. The van der Waals surface area contributed by atoms with Crippen LogP contribution in [0.5, 0.6) is 0 Å². The molecule has 0 N–H and O–H groups in total. The molecule has 0 saturated carbocycles. The highest BCUT2D eigenvalue weighted by atomic mass is 16.6. The molecule has 21 heavy (non-hydrogen) atoms. The summed E-state index contributed by atoms with van der Waals surface area (Å²) < 4.78 is 11.4. The lowest BCUT2D eigenvalue weighted by atomic mass is 10.0. The van der Waals surface area contributed by atoms with Crippen molar-refractivity contribution in [3.8, 4) is 0 Å². The summed E-state index contributed by atoms with van der Waals surface area (Å²) in [6.07, 6.45) is -0.624. The van der Waals surface area contributed by atoms with Crippen LogP contribution in [0.15, 0.2) is 24.3 Å². The van der Waals surface area contributed by atoms with Gasteiger partial charge in [0.2, 0.25) is 0 Å². The third-order valence-electron chi connectivity index (χ3n) is 3.89. The van der Waals surface area contributed by atoms with Crippen LogP contribution in [0.4, 0.5) is 4.79 Å². The van der Waals surface area contributed by atoms with E-state index >= 15 is 0 Å². The number of carbonyl (C=O) groups is 1. The van der Waals surface area contributed by atoms with Crippen LogP contribution in [0.3, 0.4) is 0 Å². The van der Waals surface area contributed by atoms with E-state index in [2.05, 4.69) is 0 Å². The lowest BCUT2D eigenvalue weighted by molar-refractivity contribution is -0.0574. The first kappa shape index (κ1) is 15.8. The minimum atomic E-state index is -0.646. The van der Waals surface area contributed by atoms with Crippen molar-refractivity contribution in [2.24, 2.45) is 0 Å². The van der Waals surface area contributed by atoms with Crippen molar-refractivity contribution in [1.82, 2.24) is 4.90 Å². The highest BCUT2D eigenvalue weighted by Gasteiger charge is 2.49. The number of nitrogens with zero attached hydrogens (tertiary/aromatic N) is 1. The van der Waals surface area contributed by atoms with Gasteiger partial charge in [-0.25, -0.2) is 4.79 Å². The summed E-state index contributed by atoms with van der Waals surface area (Å²) >= 11 is 0. The van der Waals surface area contributed by atoms with Crippen molar-refractivity contribution in [3.05, 3.63) is 35.4 Å². The predicted molar refractivity (Wildman–Crippen MR) is 82.0 cm³/mol. The number of benzene rings is 1. The number of ether oxygens (including phenoxy) is 2. The van der Waals surface area contributed by atoms with Crippen molar-refractivity contribution >= 4 is 6.09 Å². The molecule has 0 aromatic heterocycles. The molecule has 1 fully saturated rings. The fraction of sp³-hybridized carbons (Fsp3) is 0.588. The van der Waals surface area contributed by atoms with Gasteiger partial charge < -0.3 is 9.47 Å². The maximum Gasteiger partial charge on any atom is 0.413 e. The Morgan fingerprint density at radius 2 is 2.00 bits per heavy atom. The molecule has 2 rings (SSSR count). The number of carbonyl (C=O) groups excluding carboxylic acids is 1. The molecular weight excluding hydrogens is 266 g/mol. The Kier molecular flexibility index (Phi) is 4.02. The summed E-state index contributed by atoms with van der Waals surface area (Å²) in [7, 11) is 0. The van der Waals surface area contributed by atoms with E-state index in [-0.39, 0.29) is 17.7 Å². The van der Waals surface area contributed by atoms with Gasteiger partial charge in [-0.3, -0.25) is 4.90 Å². The summed E-state index contributed by atoms with van der Waals surface area (Å²) in [6, 6.07) is 8.01. The first-order valence-electron chi connectivity index (χ1n) is 7.35. The third-order valence-corrected chi connectivity index (χ3v) is 3.89. The van der Waals surface area contributed by atoms with Crippen molar-refractivity contribution in [3.63, 3.8) is 0 Å². The molecular formula is C17H25NO3. The fourth-order valence-electron chi connectivity index (χ4n) is 2.87. The van der Waals surface area contributed by atoms with Gasteiger partial charge in [-0.05, 0) is 47.1 Å². The van der Waals surface area contributed by atoms with Crippen molar-refractivity contribution in [2.45, 2.75) is 58.9 Å². The molecule has 0 aliphatic carbocycles. The highest BCUT2D eigenvalue weighted by molar-refractivity contribution is 5.70. The van der Waals surface area contributed by atoms with Crippen LogP contribution in [0.25, 0.3) is 0 Å². The molecule has 1 heterocycles. The molecule has 4 nitrogen and oxygen atoms in total. The average Bonchev–Trinajstić information content (AvgIpc) is 2.58. The van der Waals surface area contributed by atoms with Gasteiger partial charge in [0.1, 0.15) is 11.8 Å². The Labute approximate surface area is 127 Å². The highest BCUT2D eigenvalue weighted by Crippen LogP contribution is 2.36. The van der Waals surface area contributed by atoms with E-state index in [4.69, 9.17) is 9.47 Å². The van der Waals surface area contributed by atoms with Crippen LogP contribution in [0.1, 0.15) is 51.8 Å². The standard InChI is InChI=1S/C17H25NO3/c1-12-8-7-9-14(10-12)13(2)21-15(19)18-16(3,4)11-20-17(18,5)6/h7-10,13H,11H2,1-6H3/t13-/m1/s1. The van der Waals surface area contributed by atoms with Crippen LogP contribution in [-0.2, 0) is 9.47 Å². The molecule has 1 aliphatic heterocycles. The fourth-order valence-corrected chi connectivity index (χ4v) is 2.87. The SMILES string of the molecule is Cc1cccc([C@@H](C)OC(=O)N2C(C)(C)COC2(C)C)c1. The van der Waals surface area contributed by atoms with Gasteiger partial charge in [-0.2, -0.15) is 0 Å². The van der Waals surface area contributed by atoms with Gasteiger partial charge >= 0.3 is 6.09 Å². The van der Waals surface area contributed by atoms with Gasteiger partial charge in [-0.1, -0.05) is 29.8 Å². The average molecular weight is 291 g/mol. The van der Waals surface area contributed by atoms with Gasteiger partial charge in [0, 0.05) is 0 Å². The normalized spacial score (nSPS) is 21.1. The maximum atomic E-state index is 12.6. The second kappa shape index (κ2) is 5.34. The molecule has 0 bridgehead atoms. The van der Waals surface area contributed by atoms with Crippen LogP contribution in [0, 0.1) is 6.92 Å². The van der Waals surface area contributed by atoms with Crippen molar-refractivity contribution < 1.29 is 14.3 Å². The number of aryl methyl sites for hydroxylation is 1. The van der Waals surface area contributed by atoms with E-state index in [1.54, 1.807) is 4.90 Å². The van der Waals surface area contributed by atoms with Crippen molar-refractivity contribution in [1.29, 1.82) is 0 Å². The molecule has 1 amide bonds. The van der Waals surface area contributed by atoms with E-state index in [1.165, 1.54) is 0 Å². The molecule has 0 spiro atoms. The topological polar surface area (TPSA) is 38.8 Å². The summed E-state index contributed by atoms with van der Waals surface area (Å²) in [5, 5.41) is 0. The van der Waals surface area contributed by atoms with Gasteiger partial charge in [0.25, 0.3) is 0 Å². The summed E-state index contributed by atoms with van der Waals surface area (Å²) in [6.45, 7) is 12.2. The monoisotopic (exact) mass is 291 g/mol. The molecule has 1 atom stereocenters. The second-order valence-electron chi connectivity index (χ2n) is 6.82. The van der Waals surface area contributed by atoms with Crippen LogP contribution in [-0.4, -0.2) is 28.9 Å².